The van der Waals surface area contributed by atoms with E-state index in [1.54, 1.807) is 30.3 Å². The molecule has 0 aliphatic rings. The minimum absolute atomic E-state index is 0.183. The number of hydrogen-bond donors (Lipinski definition) is 2. The van der Waals surface area contributed by atoms with Gasteiger partial charge in [0.1, 0.15) is 11.2 Å². The van der Waals surface area contributed by atoms with Crippen LogP contribution in [0.2, 0.25) is 10.0 Å². The van der Waals surface area contributed by atoms with E-state index in [2.05, 4.69) is 10.6 Å². The van der Waals surface area contributed by atoms with Crippen molar-refractivity contribution >= 4 is 40.7 Å². The van der Waals surface area contributed by atoms with E-state index < -0.39 is 17.2 Å². The molecule has 7 heteroatoms. The molecule has 0 atom stereocenters. The minimum atomic E-state index is -1.36. The van der Waals surface area contributed by atoms with Crippen molar-refractivity contribution in [1.82, 2.24) is 5.32 Å². The van der Waals surface area contributed by atoms with Crippen molar-refractivity contribution in [3.8, 4) is 0 Å². The molecule has 2 aromatic carbocycles. The van der Waals surface area contributed by atoms with Crippen LogP contribution in [0.5, 0.6) is 0 Å². The summed E-state index contributed by atoms with van der Waals surface area (Å²) in [6.07, 6.45) is 0. The Balaban J connectivity index is 2.04. The van der Waals surface area contributed by atoms with Crippen molar-refractivity contribution in [2.75, 3.05) is 5.32 Å². The van der Waals surface area contributed by atoms with Gasteiger partial charge in [-0.15, -0.1) is 0 Å². The fourth-order valence-corrected chi connectivity index (χ4v) is 2.49. The quantitative estimate of drug-likeness (QED) is 0.752. The molecule has 4 nitrogen and oxygen atoms in total. The molecule has 0 aromatic heterocycles. The maximum Gasteiger partial charge on any atom is 0.239 e. The highest BCUT2D eigenvalue weighted by Gasteiger charge is 2.36. The maximum absolute atomic E-state index is 12.9. The van der Waals surface area contributed by atoms with Gasteiger partial charge in [-0.05, 0) is 43.7 Å². The standard InChI is InChI=1S/C18H17Cl2FN2O2/c1-18(2,16(24)22-10-11-6-8-12(21)9-7-11)17(25)23-15-13(19)4-3-5-14(15)20/h3-9H,10H2,1-2H3,(H,22,24)(H,23,25). The number of rotatable bonds is 5. The SMILES string of the molecule is CC(C)(C(=O)NCc1ccc(F)cc1)C(=O)Nc1c(Cl)cccc1Cl. The number of nitrogens with one attached hydrogen (secondary N) is 2. The highest BCUT2D eigenvalue weighted by molar-refractivity contribution is 6.40. The predicted molar refractivity (Wildman–Crippen MR) is 97.1 cm³/mol. The Hall–Kier alpha value is -2.11. The number of halogens is 3. The molecule has 0 saturated carbocycles. The molecule has 0 unspecified atom stereocenters. The van der Waals surface area contributed by atoms with E-state index in [1.165, 1.54) is 26.0 Å². The average Bonchev–Trinajstić information content (AvgIpc) is 2.57. The summed E-state index contributed by atoms with van der Waals surface area (Å²) in [5.74, 6) is -1.37. The summed E-state index contributed by atoms with van der Waals surface area (Å²) in [5, 5.41) is 5.82. The molecule has 2 aromatic rings. The highest BCUT2D eigenvalue weighted by atomic mass is 35.5. The molecule has 0 aliphatic carbocycles. The molecule has 132 valence electrons. The lowest BCUT2D eigenvalue weighted by atomic mass is 9.90. The number of benzene rings is 2. The van der Waals surface area contributed by atoms with Crippen LogP contribution in [-0.4, -0.2) is 11.8 Å². The van der Waals surface area contributed by atoms with Crippen LogP contribution in [0.1, 0.15) is 19.4 Å². The first-order valence-electron chi connectivity index (χ1n) is 7.50. The second kappa shape index (κ2) is 7.85. The second-order valence-corrected chi connectivity index (χ2v) is 6.80. The Morgan fingerprint density at radius 3 is 2.12 bits per heavy atom. The van der Waals surface area contributed by atoms with Crippen LogP contribution in [0.3, 0.4) is 0 Å². The first-order valence-corrected chi connectivity index (χ1v) is 8.25. The van der Waals surface area contributed by atoms with Gasteiger partial charge in [0, 0.05) is 6.54 Å². The minimum Gasteiger partial charge on any atom is -0.351 e. The third-order valence-corrected chi connectivity index (χ3v) is 4.33. The molecule has 25 heavy (non-hydrogen) atoms. The Morgan fingerprint density at radius 1 is 1.00 bits per heavy atom. The van der Waals surface area contributed by atoms with Gasteiger partial charge in [0.15, 0.2) is 0 Å². The zero-order valence-corrected chi connectivity index (χ0v) is 15.2. The van der Waals surface area contributed by atoms with Crippen LogP contribution in [0.15, 0.2) is 42.5 Å². The highest BCUT2D eigenvalue weighted by Crippen LogP contribution is 2.31. The van der Waals surface area contributed by atoms with Gasteiger partial charge in [-0.25, -0.2) is 4.39 Å². The molecule has 0 fully saturated rings. The van der Waals surface area contributed by atoms with Crippen LogP contribution in [0.25, 0.3) is 0 Å². The smallest absolute Gasteiger partial charge is 0.239 e. The van der Waals surface area contributed by atoms with Crippen molar-refractivity contribution < 1.29 is 14.0 Å². The summed E-state index contributed by atoms with van der Waals surface area (Å²) in [6, 6.07) is 10.6. The first-order chi connectivity index (χ1) is 11.7. The zero-order valence-electron chi connectivity index (χ0n) is 13.7. The Morgan fingerprint density at radius 2 is 1.56 bits per heavy atom. The molecule has 0 aliphatic heterocycles. The van der Waals surface area contributed by atoms with Gasteiger partial charge in [0.25, 0.3) is 0 Å². The number of hydrogen-bond acceptors (Lipinski definition) is 2. The van der Waals surface area contributed by atoms with E-state index in [0.717, 1.165) is 5.56 Å². The fourth-order valence-electron chi connectivity index (χ4n) is 2.00. The summed E-state index contributed by atoms with van der Waals surface area (Å²) >= 11 is 12.1. The van der Waals surface area contributed by atoms with Crippen LogP contribution in [0, 0.1) is 11.2 Å². The molecule has 0 saturated heterocycles. The van der Waals surface area contributed by atoms with Gasteiger partial charge in [-0.3, -0.25) is 9.59 Å². The Labute approximate surface area is 155 Å². The summed E-state index contributed by atoms with van der Waals surface area (Å²) in [7, 11) is 0. The summed E-state index contributed by atoms with van der Waals surface area (Å²) in [4.78, 5) is 24.9. The van der Waals surface area contributed by atoms with Gasteiger partial charge in [-0.1, -0.05) is 41.4 Å². The lowest BCUT2D eigenvalue weighted by molar-refractivity contribution is -0.138. The predicted octanol–water partition coefficient (Wildman–Crippen LogP) is 4.41. The van der Waals surface area contributed by atoms with Crippen LogP contribution in [0.4, 0.5) is 10.1 Å². The van der Waals surface area contributed by atoms with Crippen molar-refractivity contribution in [3.05, 3.63) is 63.9 Å². The molecule has 0 bridgehead atoms. The largest absolute Gasteiger partial charge is 0.351 e. The molecule has 0 radical (unpaired) electrons. The van der Waals surface area contributed by atoms with Crippen molar-refractivity contribution in [2.24, 2.45) is 5.41 Å². The molecule has 2 amide bonds. The van der Waals surface area contributed by atoms with Gasteiger partial charge in [-0.2, -0.15) is 0 Å². The second-order valence-electron chi connectivity index (χ2n) is 5.98. The molecular formula is C18H17Cl2FN2O2. The van der Waals surface area contributed by atoms with Gasteiger partial charge >= 0.3 is 0 Å². The van der Waals surface area contributed by atoms with E-state index >= 15 is 0 Å². The number of para-hydroxylation sites is 1. The lowest BCUT2D eigenvalue weighted by Gasteiger charge is -2.23. The third kappa shape index (κ3) is 4.71. The zero-order chi connectivity index (χ0) is 18.6. The van der Waals surface area contributed by atoms with Gasteiger partial charge in [0.05, 0.1) is 15.7 Å². The maximum atomic E-state index is 12.9. The van der Waals surface area contributed by atoms with Crippen molar-refractivity contribution in [3.63, 3.8) is 0 Å². The van der Waals surface area contributed by atoms with Crippen LogP contribution < -0.4 is 10.6 Å². The summed E-state index contributed by atoms with van der Waals surface area (Å²) in [6.45, 7) is 3.17. The summed E-state index contributed by atoms with van der Waals surface area (Å²) in [5.41, 5.74) is -0.377. The average molecular weight is 383 g/mol. The topological polar surface area (TPSA) is 58.2 Å². The molecule has 0 spiro atoms. The van der Waals surface area contributed by atoms with Gasteiger partial charge in [0.2, 0.25) is 11.8 Å². The van der Waals surface area contributed by atoms with E-state index in [1.807, 2.05) is 0 Å². The van der Waals surface area contributed by atoms with E-state index in [9.17, 15) is 14.0 Å². The number of carbonyl (C=O) groups excluding carboxylic acids is 2. The van der Waals surface area contributed by atoms with E-state index in [4.69, 9.17) is 23.2 Å². The molecule has 0 heterocycles. The fraction of sp³-hybridized carbons (Fsp3) is 0.222. The first kappa shape index (κ1) is 19.2. The van der Waals surface area contributed by atoms with E-state index in [-0.39, 0.29) is 28.1 Å². The van der Waals surface area contributed by atoms with Crippen molar-refractivity contribution in [2.45, 2.75) is 20.4 Å². The number of amides is 2. The third-order valence-electron chi connectivity index (χ3n) is 3.70. The van der Waals surface area contributed by atoms with Crippen LogP contribution >= 0.6 is 23.2 Å². The molecule has 2 rings (SSSR count). The van der Waals surface area contributed by atoms with Crippen LogP contribution in [-0.2, 0) is 16.1 Å². The Kier molecular flexibility index (Phi) is 6.03. The Bertz CT molecular complexity index is 772. The monoisotopic (exact) mass is 382 g/mol. The lowest BCUT2D eigenvalue weighted by Crippen LogP contribution is -2.44. The van der Waals surface area contributed by atoms with Gasteiger partial charge < -0.3 is 10.6 Å². The summed E-state index contributed by atoms with van der Waals surface area (Å²) < 4.78 is 12.9. The van der Waals surface area contributed by atoms with Crippen molar-refractivity contribution in [1.29, 1.82) is 0 Å². The van der Waals surface area contributed by atoms with E-state index in [0.29, 0.717) is 0 Å². The normalized spacial score (nSPS) is 11.1. The number of anilines is 1. The molecule has 2 N–H and O–H groups in total. The number of carbonyl (C=O) groups is 2. The molecular weight excluding hydrogens is 366 g/mol.